The van der Waals surface area contributed by atoms with Crippen molar-refractivity contribution >= 4 is 27.5 Å². The van der Waals surface area contributed by atoms with E-state index >= 15 is 0 Å². The zero-order valence-electron chi connectivity index (χ0n) is 13.5. The molecule has 1 heterocycles. The van der Waals surface area contributed by atoms with Crippen LogP contribution < -0.4 is 4.72 Å². The molecule has 0 amide bonds. The second-order valence-corrected chi connectivity index (χ2v) is 7.12. The summed E-state index contributed by atoms with van der Waals surface area (Å²) in [6.07, 6.45) is 1.79. The van der Waals surface area contributed by atoms with E-state index in [1.807, 2.05) is 0 Å². The maximum Gasteiger partial charge on any atom is 0.355 e. The van der Waals surface area contributed by atoms with Crippen molar-refractivity contribution < 1.29 is 22.7 Å². The largest absolute Gasteiger partial charge is 0.450 e. The summed E-state index contributed by atoms with van der Waals surface area (Å²) in [6.45, 7) is 1.49. The van der Waals surface area contributed by atoms with Gasteiger partial charge in [0.25, 0.3) is 0 Å². The zero-order valence-corrected chi connectivity index (χ0v) is 14.3. The number of Topliss-reactive ketones (excluding diaryl/α,β-unsaturated/α-hetero) is 1. The van der Waals surface area contributed by atoms with Gasteiger partial charge < -0.3 is 9.30 Å². The van der Waals surface area contributed by atoms with Crippen molar-refractivity contribution in [3.63, 3.8) is 0 Å². The third-order valence-electron chi connectivity index (χ3n) is 3.28. The highest BCUT2D eigenvalue weighted by molar-refractivity contribution is 7.92. The van der Waals surface area contributed by atoms with Gasteiger partial charge in [-0.3, -0.25) is 9.52 Å². The van der Waals surface area contributed by atoms with Crippen LogP contribution in [0.1, 0.15) is 27.8 Å². The molecule has 8 heteroatoms. The van der Waals surface area contributed by atoms with Gasteiger partial charge in [0.2, 0.25) is 15.8 Å². The Morgan fingerprint density at radius 1 is 1.17 bits per heavy atom. The molecule has 1 N–H and O–H groups in total. The fourth-order valence-corrected chi connectivity index (χ4v) is 2.66. The number of ketones is 1. The van der Waals surface area contributed by atoms with Gasteiger partial charge >= 0.3 is 5.97 Å². The van der Waals surface area contributed by atoms with Crippen molar-refractivity contribution in [2.75, 3.05) is 11.0 Å². The van der Waals surface area contributed by atoms with Crippen molar-refractivity contribution in [1.82, 2.24) is 4.57 Å². The van der Waals surface area contributed by atoms with E-state index in [9.17, 15) is 18.0 Å². The number of rotatable bonds is 6. The van der Waals surface area contributed by atoms with Crippen LogP contribution in [0.5, 0.6) is 0 Å². The number of esters is 1. The Kier molecular flexibility index (Phi) is 5.08. The third-order valence-corrected chi connectivity index (χ3v) is 3.89. The molecule has 0 spiro atoms. The normalized spacial score (nSPS) is 12.5. The summed E-state index contributed by atoms with van der Waals surface area (Å²) < 4.78 is 31.4. The Morgan fingerprint density at radius 2 is 1.79 bits per heavy atom. The zero-order chi connectivity index (χ0) is 17.9. The number of nitrogens with zero attached hydrogens (tertiary/aromatic N) is 1. The number of sulfonamides is 1. The highest BCUT2D eigenvalue weighted by Crippen LogP contribution is 2.14. The first-order valence-corrected chi connectivity index (χ1v) is 9.01. The van der Waals surface area contributed by atoms with Gasteiger partial charge in [0.15, 0.2) is 6.10 Å². The Morgan fingerprint density at radius 3 is 2.29 bits per heavy atom. The average Bonchev–Trinajstić information content (AvgIpc) is 2.92. The molecular weight excluding hydrogens is 332 g/mol. The van der Waals surface area contributed by atoms with Gasteiger partial charge in [-0.25, -0.2) is 13.2 Å². The predicted octanol–water partition coefficient (Wildman–Crippen LogP) is 1.82. The Hall–Kier alpha value is -2.61. The lowest BCUT2D eigenvalue weighted by molar-refractivity contribution is 0.0309. The molecule has 1 atom stereocenters. The lowest BCUT2D eigenvalue weighted by Gasteiger charge is -2.13. The third kappa shape index (κ3) is 4.45. The fraction of sp³-hybridized carbons (Fsp3) is 0.250. The van der Waals surface area contributed by atoms with Crippen LogP contribution >= 0.6 is 0 Å². The molecule has 1 aromatic carbocycles. The quantitative estimate of drug-likeness (QED) is 0.633. The number of ether oxygens (including phenoxy) is 1. The summed E-state index contributed by atoms with van der Waals surface area (Å²) in [7, 11) is -1.67. The lowest BCUT2D eigenvalue weighted by Crippen LogP contribution is -2.25. The fourth-order valence-electron chi connectivity index (χ4n) is 2.10. The highest BCUT2D eigenvalue weighted by atomic mass is 32.2. The number of carbonyl (C=O) groups is 2. The molecule has 0 aliphatic carbocycles. The molecule has 0 fully saturated rings. The molecule has 2 aromatic rings. The van der Waals surface area contributed by atoms with Crippen LogP contribution in [-0.2, 0) is 21.8 Å². The van der Waals surface area contributed by atoms with E-state index in [4.69, 9.17) is 4.74 Å². The number of nitrogens with one attached hydrogen (secondary N) is 1. The molecule has 7 nitrogen and oxygen atoms in total. The van der Waals surface area contributed by atoms with E-state index < -0.39 is 22.1 Å². The minimum atomic E-state index is -3.38. The van der Waals surface area contributed by atoms with E-state index in [0.717, 1.165) is 6.26 Å². The molecule has 0 unspecified atom stereocenters. The Labute approximate surface area is 140 Å². The second-order valence-electron chi connectivity index (χ2n) is 5.37. The van der Waals surface area contributed by atoms with Gasteiger partial charge in [0, 0.05) is 24.5 Å². The lowest BCUT2D eigenvalue weighted by atomic mass is 10.1. The van der Waals surface area contributed by atoms with E-state index in [1.165, 1.54) is 31.2 Å². The maximum absolute atomic E-state index is 12.3. The summed E-state index contributed by atoms with van der Waals surface area (Å²) >= 11 is 0. The summed E-state index contributed by atoms with van der Waals surface area (Å²) in [5.41, 5.74) is 1.02. The molecule has 0 aliphatic heterocycles. The molecule has 2 rings (SSSR count). The number of aromatic nitrogens is 1. The molecule has 24 heavy (non-hydrogen) atoms. The van der Waals surface area contributed by atoms with Gasteiger partial charge in [0.05, 0.1) is 6.26 Å². The van der Waals surface area contributed by atoms with E-state index in [1.54, 1.807) is 29.9 Å². The first kappa shape index (κ1) is 17.7. The molecule has 0 bridgehead atoms. The first-order valence-electron chi connectivity index (χ1n) is 7.12. The summed E-state index contributed by atoms with van der Waals surface area (Å²) in [4.78, 5) is 24.3. The Balaban J connectivity index is 2.05. The number of aryl methyl sites for hydroxylation is 1. The van der Waals surface area contributed by atoms with Crippen LogP contribution in [0, 0.1) is 0 Å². The summed E-state index contributed by atoms with van der Waals surface area (Å²) in [5.74, 6) is -0.956. The van der Waals surface area contributed by atoms with Crippen molar-refractivity contribution in [1.29, 1.82) is 0 Å². The van der Waals surface area contributed by atoms with Gasteiger partial charge in [-0.15, -0.1) is 0 Å². The second kappa shape index (κ2) is 6.88. The highest BCUT2D eigenvalue weighted by Gasteiger charge is 2.21. The standard InChI is InChI=1S/C16H18N2O5S/c1-11(23-16(20)14-5-4-10-18(14)2)15(19)12-6-8-13(9-7-12)17-24(3,21)22/h4-11,17H,1-3H3/t11-/m0/s1. The topological polar surface area (TPSA) is 94.5 Å². The molecule has 0 radical (unpaired) electrons. The van der Waals surface area contributed by atoms with Gasteiger partial charge in [-0.05, 0) is 43.3 Å². The van der Waals surface area contributed by atoms with Crippen LogP contribution in [0.15, 0.2) is 42.6 Å². The minimum absolute atomic E-state index is 0.321. The van der Waals surface area contributed by atoms with Crippen LogP contribution in [0.3, 0.4) is 0 Å². The summed E-state index contributed by atoms with van der Waals surface area (Å²) in [6, 6.07) is 9.20. The molecule has 0 aliphatic rings. The van der Waals surface area contributed by atoms with Crippen molar-refractivity contribution in [3.8, 4) is 0 Å². The van der Waals surface area contributed by atoms with Crippen molar-refractivity contribution in [2.24, 2.45) is 7.05 Å². The average molecular weight is 350 g/mol. The molecule has 1 aromatic heterocycles. The van der Waals surface area contributed by atoms with Crippen LogP contribution in [0.25, 0.3) is 0 Å². The summed E-state index contributed by atoms with van der Waals surface area (Å²) in [5, 5.41) is 0. The van der Waals surface area contributed by atoms with E-state index in [-0.39, 0.29) is 5.78 Å². The van der Waals surface area contributed by atoms with Gasteiger partial charge in [-0.1, -0.05) is 0 Å². The number of carbonyl (C=O) groups excluding carboxylic acids is 2. The number of anilines is 1. The molecule has 128 valence electrons. The molecular formula is C16H18N2O5S. The van der Waals surface area contributed by atoms with E-state index in [2.05, 4.69) is 4.72 Å². The Bertz CT molecular complexity index is 853. The first-order chi connectivity index (χ1) is 11.2. The van der Waals surface area contributed by atoms with Gasteiger partial charge in [-0.2, -0.15) is 0 Å². The monoisotopic (exact) mass is 350 g/mol. The van der Waals surface area contributed by atoms with Crippen LogP contribution in [0.2, 0.25) is 0 Å². The number of benzene rings is 1. The molecule has 0 saturated carbocycles. The maximum atomic E-state index is 12.3. The number of hydrogen-bond donors (Lipinski definition) is 1. The van der Waals surface area contributed by atoms with Crippen LogP contribution in [-0.4, -0.2) is 37.1 Å². The SMILES string of the molecule is C[C@H](OC(=O)c1cccn1C)C(=O)c1ccc(NS(C)(=O)=O)cc1. The molecule has 0 saturated heterocycles. The van der Waals surface area contributed by atoms with Gasteiger partial charge in [0.1, 0.15) is 5.69 Å². The van der Waals surface area contributed by atoms with Crippen molar-refractivity contribution in [2.45, 2.75) is 13.0 Å². The number of hydrogen-bond acceptors (Lipinski definition) is 5. The van der Waals surface area contributed by atoms with E-state index in [0.29, 0.717) is 16.9 Å². The van der Waals surface area contributed by atoms with Crippen molar-refractivity contribution in [3.05, 3.63) is 53.9 Å². The predicted molar refractivity (Wildman–Crippen MR) is 89.5 cm³/mol. The smallest absolute Gasteiger partial charge is 0.355 e. The minimum Gasteiger partial charge on any atom is -0.450 e. The van der Waals surface area contributed by atoms with Crippen LogP contribution in [0.4, 0.5) is 5.69 Å².